The van der Waals surface area contributed by atoms with E-state index in [0.29, 0.717) is 5.56 Å². The van der Waals surface area contributed by atoms with Crippen LogP contribution in [0.4, 0.5) is 0 Å². The molecule has 0 bridgehead atoms. The SMILES string of the molecule is CC(C)CS(=O)(=O)C(C#N)=Cc1cccnc1. The van der Waals surface area contributed by atoms with Crippen molar-refractivity contribution >= 4 is 15.9 Å². The van der Waals surface area contributed by atoms with Crippen LogP contribution in [0.15, 0.2) is 29.4 Å². The molecule has 0 aliphatic carbocycles. The van der Waals surface area contributed by atoms with Crippen molar-refractivity contribution in [1.82, 2.24) is 4.98 Å². The Morgan fingerprint density at radius 2 is 2.29 bits per heavy atom. The Morgan fingerprint density at radius 3 is 2.76 bits per heavy atom. The van der Waals surface area contributed by atoms with E-state index in [2.05, 4.69) is 4.98 Å². The molecule has 0 saturated heterocycles. The van der Waals surface area contributed by atoms with Gasteiger partial charge in [-0.1, -0.05) is 19.9 Å². The van der Waals surface area contributed by atoms with Crippen molar-refractivity contribution in [3.05, 3.63) is 35.0 Å². The minimum absolute atomic E-state index is 0.00866. The smallest absolute Gasteiger partial charge is 0.188 e. The summed E-state index contributed by atoms with van der Waals surface area (Å²) in [6.07, 6.45) is 4.46. The highest BCUT2D eigenvalue weighted by atomic mass is 32.2. The molecule has 4 nitrogen and oxygen atoms in total. The Labute approximate surface area is 102 Å². The summed E-state index contributed by atoms with van der Waals surface area (Å²) in [5.74, 6) is -0.0298. The zero-order valence-corrected chi connectivity index (χ0v) is 10.6. The molecule has 90 valence electrons. The zero-order chi connectivity index (χ0) is 12.9. The van der Waals surface area contributed by atoms with Crippen LogP contribution in [0, 0.1) is 17.2 Å². The van der Waals surface area contributed by atoms with Crippen LogP contribution in [-0.4, -0.2) is 19.2 Å². The fourth-order valence-electron chi connectivity index (χ4n) is 1.33. The maximum atomic E-state index is 11.9. The van der Waals surface area contributed by atoms with Gasteiger partial charge in [-0.25, -0.2) is 8.42 Å². The van der Waals surface area contributed by atoms with E-state index in [9.17, 15) is 8.42 Å². The maximum absolute atomic E-state index is 11.9. The van der Waals surface area contributed by atoms with Gasteiger partial charge in [0.25, 0.3) is 0 Å². The summed E-state index contributed by atoms with van der Waals surface area (Å²) in [7, 11) is -3.50. The topological polar surface area (TPSA) is 70.8 Å². The molecule has 1 rings (SSSR count). The Balaban J connectivity index is 3.10. The van der Waals surface area contributed by atoms with Gasteiger partial charge in [-0.15, -0.1) is 0 Å². The number of allylic oxidation sites excluding steroid dienone is 1. The Kier molecular flexibility index (Phi) is 4.41. The highest BCUT2D eigenvalue weighted by molar-refractivity contribution is 7.95. The largest absolute Gasteiger partial charge is 0.264 e. The molecule has 0 aliphatic rings. The maximum Gasteiger partial charge on any atom is 0.188 e. The van der Waals surface area contributed by atoms with E-state index in [1.807, 2.05) is 0 Å². The van der Waals surface area contributed by atoms with Gasteiger partial charge in [-0.05, 0) is 23.6 Å². The second-order valence-electron chi connectivity index (χ2n) is 4.08. The molecule has 0 amide bonds. The molecule has 0 spiro atoms. The molecule has 0 unspecified atom stereocenters. The van der Waals surface area contributed by atoms with Crippen molar-refractivity contribution in [1.29, 1.82) is 5.26 Å². The number of pyridine rings is 1. The molecule has 1 aromatic rings. The predicted molar refractivity (Wildman–Crippen MR) is 66.5 cm³/mol. The van der Waals surface area contributed by atoms with E-state index in [1.54, 1.807) is 38.2 Å². The number of rotatable bonds is 4. The quantitative estimate of drug-likeness (QED) is 0.766. The van der Waals surface area contributed by atoms with E-state index in [-0.39, 0.29) is 16.6 Å². The molecule has 0 atom stereocenters. The third kappa shape index (κ3) is 4.00. The summed E-state index contributed by atoms with van der Waals surface area (Å²) in [4.78, 5) is 3.66. The second-order valence-corrected chi connectivity index (χ2v) is 6.08. The van der Waals surface area contributed by atoms with E-state index in [1.165, 1.54) is 12.3 Å². The first-order valence-corrected chi connectivity index (χ1v) is 6.85. The molecule has 0 fully saturated rings. The minimum Gasteiger partial charge on any atom is -0.264 e. The van der Waals surface area contributed by atoms with Crippen molar-refractivity contribution in [2.75, 3.05) is 5.75 Å². The molecule has 0 saturated carbocycles. The Bertz CT molecular complexity index is 540. The first-order chi connectivity index (χ1) is 7.95. The van der Waals surface area contributed by atoms with Crippen molar-refractivity contribution in [2.24, 2.45) is 5.92 Å². The minimum atomic E-state index is -3.50. The van der Waals surface area contributed by atoms with Crippen LogP contribution >= 0.6 is 0 Å². The summed E-state index contributed by atoms with van der Waals surface area (Å²) < 4.78 is 23.7. The highest BCUT2D eigenvalue weighted by Crippen LogP contribution is 2.14. The van der Waals surface area contributed by atoms with Crippen molar-refractivity contribution in [3.8, 4) is 6.07 Å². The number of nitriles is 1. The first kappa shape index (κ1) is 13.4. The summed E-state index contributed by atoms with van der Waals surface area (Å²) in [6, 6.07) is 5.14. The number of nitrogens with zero attached hydrogens (tertiary/aromatic N) is 2. The van der Waals surface area contributed by atoms with Crippen LogP contribution in [0.25, 0.3) is 6.08 Å². The van der Waals surface area contributed by atoms with Crippen molar-refractivity contribution < 1.29 is 8.42 Å². The normalized spacial score (nSPS) is 12.5. The van der Waals surface area contributed by atoms with Gasteiger partial charge in [0.2, 0.25) is 0 Å². The van der Waals surface area contributed by atoms with Crippen LogP contribution in [0.3, 0.4) is 0 Å². The Morgan fingerprint density at radius 1 is 1.59 bits per heavy atom. The van der Waals surface area contributed by atoms with E-state index < -0.39 is 9.84 Å². The lowest BCUT2D eigenvalue weighted by Crippen LogP contribution is -2.12. The fourth-order valence-corrected chi connectivity index (χ4v) is 2.84. The molecule has 0 radical (unpaired) electrons. The summed E-state index contributed by atoms with van der Waals surface area (Å²) in [6.45, 7) is 3.60. The van der Waals surface area contributed by atoms with Gasteiger partial charge in [0.1, 0.15) is 11.0 Å². The monoisotopic (exact) mass is 250 g/mol. The average molecular weight is 250 g/mol. The Hall–Kier alpha value is -1.67. The van der Waals surface area contributed by atoms with E-state index in [0.717, 1.165) is 0 Å². The van der Waals surface area contributed by atoms with Gasteiger partial charge in [0.05, 0.1) is 5.75 Å². The van der Waals surface area contributed by atoms with Gasteiger partial charge in [0, 0.05) is 12.4 Å². The average Bonchev–Trinajstić information content (AvgIpc) is 2.25. The van der Waals surface area contributed by atoms with Crippen molar-refractivity contribution in [2.45, 2.75) is 13.8 Å². The van der Waals surface area contributed by atoms with Gasteiger partial charge in [0.15, 0.2) is 9.84 Å². The fraction of sp³-hybridized carbons (Fsp3) is 0.333. The van der Waals surface area contributed by atoms with E-state index in [4.69, 9.17) is 5.26 Å². The van der Waals surface area contributed by atoms with Crippen LogP contribution < -0.4 is 0 Å². The third-order valence-electron chi connectivity index (χ3n) is 1.98. The number of aromatic nitrogens is 1. The zero-order valence-electron chi connectivity index (χ0n) is 9.79. The molecule has 0 N–H and O–H groups in total. The van der Waals surface area contributed by atoms with Gasteiger partial charge < -0.3 is 0 Å². The highest BCUT2D eigenvalue weighted by Gasteiger charge is 2.19. The van der Waals surface area contributed by atoms with Gasteiger partial charge >= 0.3 is 0 Å². The molecule has 5 heteroatoms. The molecule has 1 heterocycles. The molecule has 1 aromatic heterocycles. The lowest BCUT2D eigenvalue weighted by Gasteiger charge is -2.05. The summed E-state index contributed by atoms with van der Waals surface area (Å²) in [5, 5.41) is 8.92. The third-order valence-corrected chi connectivity index (χ3v) is 3.96. The predicted octanol–water partition coefficient (Wildman–Crippen LogP) is 2.02. The first-order valence-electron chi connectivity index (χ1n) is 5.20. The number of sulfone groups is 1. The van der Waals surface area contributed by atoms with Gasteiger partial charge in [-0.2, -0.15) is 5.26 Å². The lowest BCUT2D eigenvalue weighted by atomic mass is 10.3. The molecule has 0 aromatic carbocycles. The molecule has 0 aliphatic heterocycles. The molecule has 17 heavy (non-hydrogen) atoms. The molecular formula is C12H14N2O2S. The number of hydrogen-bond donors (Lipinski definition) is 0. The second kappa shape index (κ2) is 5.60. The van der Waals surface area contributed by atoms with Crippen LogP contribution in [0.2, 0.25) is 0 Å². The lowest BCUT2D eigenvalue weighted by molar-refractivity contribution is 0.589. The van der Waals surface area contributed by atoms with Gasteiger partial charge in [-0.3, -0.25) is 4.98 Å². The van der Waals surface area contributed by atoms with Crippen molar-refractivity contribution in [3.63, 3.8) is 0 Å². The summed E-state index contributed by atoms with van der Waals surface area (Å²) in [5.41, 5.74) is 0.608. The standard InChI is InChI=1S/C12H14N2O2S/c1-10(2)9-17(15,16)12(7-13)6-11-4-3-5-14-8-11/h3-6,8,10H,9H2,1-2H3. The van der Waals surface area contributed by atoms with Crippen LogP contribution in [-0.2, 0) is 9.84 Å². The number of hydrogen-bond acceptors (Lipinski definition) is 4. The van der Waals surface area contributed by atoms with Crippen LogP contribution in [0.1, 0.15) is 19.4 Å². The molecular weight excluding hydrogens is 236 g/mol. The van der Waals surface area contributed by atoms with Crippen LogP contribution in [0.5, 0.6) is 0 Å². The van der Waals surface area contributed by atoms with E-state index >= 15 is 0 Å². The summed E-state index contributed by atoms with van der Waals surface area (Å²) >= 11 is 0.